The number of rotatable bonds is 3. The van der Waals surface area contributed by atoms with Crippen molar-refractivity contribution in [2.24, 2.45) is 0 Å². The maximum atomic E-state index is 12.9. The number of para-hydroxylation sites is 1. The number of hydrogen-bond acceptors (Lipinski definition) is 2. The molecule has 0 N–H and O–H groups in total. The number of ether oxygens (including phenoxy) is 1. The SMILES string of the molecule is FC(F)(F)c1ccc(C2OC=C(c3ccccc3)N2c2ccccc2)cc1. The summed E-state index contributed by atoms with van der Waals surface area (Å²) in [5.41, 5.74) is 2.69. The van der Waals surface area contributed by atoms with Gasteiger partial charge in [-0.2, -0.15) is 13.2 Å². The fourth-order valence-electron chi connectivity index (χ4n) is 3.12. The second-order valence-corrected chi connectivity index (χ2v) is 6.18. The van der Waals surface area contributed by atoms with Gasteiger partial charge in [0.25, 0.3) is 0 Å². The first-order chi connectivity index (χ1) is 13.0. The van der Waals surface area contributed by atoms with Crippen LogP contribution in [0.1, 0.15) is 22.9 Å². The number of halogens is 3. The van der Waals surface area contributed by atoms with Gasteiger partial charge in [0.15, 0.2) is 0 Å². The van der Waals surface area contributed by atoms with Crippen LogP contribution >= 0.6 is 0 Å². The summed E-state index contributed by atoms with van der Waals surface area (Å²) in [7, 11) is 0. The van der Waals surface area contributed by atoms with E-state index in [2.05, 4.69) is 0 Å². The normalized spacial score (nSPS) is 16.8. The molecule has 0 bridgehead atoms. The Labute approximate surface area is 155 Å². The molecule has 0 saturated carbocycles. The van der Waals surface area contributed by atoms with Gasteiger partial charge in [-0.25, -0.2) is 0 Å². The van der Waals surface area contributed by atoms with Crippen LogP contribution in [0.4, 0.5) is 18.9 Å². The minimum absolute atomic E-state index is 0.537. The molecule has 4 rings (SSSR count). The van der Waals surface area contributed by atoms with Gasteiger partial charge in [-0.05, 0) is 24.3 Å². The molecule has 1 heterocycles. The van der Waals surface area contributed by atoms with Crippen LogP contribution in [0.3, 0.4) is 0 Å². The fraction of sp³-hybridized carbons (Fsp3) is 0.0909. The zero-order chi connectivity index (χ0) is 18.9. The van der Waals surface area contributed by atoms with Gasteiger partial charge in [0, 0.05) is 16.8 Å². The van der Waals surface area contributed by atoms with Crippen molar-refractivity contribution in [1.82, 2.24) is 0 Å². The average Bonchev–Trinajstić information content (AvgIpc) is 3.14. The van der Waals surface area contributed by atoms with Gasteiger partial charge >= 0.3 is 6.18 Å². The number of alkyl halides is 3. The van der Waals surface area contributed by atoms with Crippen LogP contribution in [-0.2, 0) is 10.9 Å². The molecule has 1 aliphatic heterocycles. The third kappa shape index (κ3) is 3.40. The maximum absolute atomic E-state index is 12.9. The highest BCUT2D eigenvalue weighted by molar-refractivity contribution is 5.81. The van der Waals surface area contributed by atoms with Crippen molar-refractivity contribution < 1.29 is 17.9 Å². The summed E-state index contributed by atoms with van der Waals surface area (Å²) in [6, 6.07) is 24.5. The van der Waals surface area contributed by atoms with Crippen molar-refractivity contribution in [1.29, 1.82) is 0 Å². The van der Waals surface area contributed by atoms with Crippen LogP contribution in [0.25, 0.3) is 5.70 Å². The predicted octanol–water partition coefficient (Wildman–Crippen LogP) is 6.24. The average molecular weight is 367 g/mol. The maximum Gasteiger partial charge on any atom is 0.416 e. The van der Waals surface area contributed by atoms with Crippen molar-refractivity contribution in [2.75, 3.05) is 4.90 Å². The molecule has 0 spiro atoms. The molecule has 5 heteroatoms. The lowest BCUT2D eigenvalue weighted by Crippen LogP contribution is -2.23. The second kappa shape index (κ2) is 6.83. The summed E-state index contributed by atoms with van der Waals surface area (Å²) in [5.74, 6) is 0. The monoisotopic (exact) mass is 367 g/mol. The highest BCUT2D eigenvalue weighted by Crippen LogP contribution is 2.41. The molecule has 0 saturated heterocycles. The van der Waals surface area contributed by atoms with Gasteiger partial charge in [-0.1, -0.05) is 60.7 Å². The molecule has 0 fully saturated rings. The Hall–Kier alpha value is -3.21. The molecule has 0 radical (unpaired) electrons. The van der Waals surface area contributed by atoms with Crippen LogP contribution in [0.2, 0.25) is 0 Å². The molecule has 1 unspecified atom stereocenters. The third-order valence-electron chi connectivity index (χ3n) is 4.43. The van der Waals surface area contributed by atoms with Gasteiger partial charge in [0.05, 0.1) is 11.3 Å². The first kappa shape index (κ1) is 17.2. The summed E-state index contributed by atoms with van der Waals surface area (Å²) >= 11 is 0. The zero-order valence-electron chi connectivity index (χ0n) is 14.2. The van der Waals surface area contributed by atoms with Crippen LogP contribution in [0, 0.1) is 0 Å². The van der Waals surface area contributed by atoms with Gasteiger partial charge in [-0.3, -0.25) is 4.90 Å². The first-order valence-electron chi connectivity index (χ1n) is 8.46. The van der Waals surface area contributed by atoms with Crippen LogP contribution < -0.4 is 4.90 Å². The lowest BCUT2D eigenvalue weighted by Gasteiger charge is -2.28. The molecule has 1 atom stereocenters. The smallest absolute Gasteiger partial charge is 0.416 e. The van der Waals surface area contributed by atoms with Gasteiger partial charge in [0.1, 0.15) is 6.26 Å². The van der Waals surface area contributed by atoms with E-state index in [-0.39, 0.29) is 0 Å². The molecule has 136 valence electrons. The largest absolute Gasteiger partial charge is 0.471 e. The number of hydrogen-bond donors (Lipinski definition) is 0. The van der Waals surface area contributed by atoms with Gasteiger partial charge in [-0.15, -0.1) is 0 Å². The fourth-order valence-corrected chi connectivity index (χ4v) is 3.12. The summed E-state index contributed by atoms with van der Waals surface area (Å²) in [6.07, 6.45) is -3.24. The summed E-state index contributed by atoms with van der Waals surface area (Å²) in [6.45, 7) is 0. The van der Waals surface area contributed by atoms with E-state index >= 15 is 0 Å². The highest BCUT2D eigenvalue weighted by Gasteiger charge is 2.33. The van der Waals surface area contributed by atoms with Gasteiger partial charge in [0.2, 0.25) is 6.23 Å². The third-order valence-corrected chi connectivity index (χ3v) is 4.43. The summed E-state index contributed by atoms with van der Waals surface area (Å²) in [4.78, 5) is 1.98. The quantitative estimate of drug-likeness (QED) is 0.543. The minimum Gasteiger partial charge on any atom is -0.471 e. The predicted molar refractivity (Wildman–Crippen MR) is 98.6 cm³/mol. The first-order valence-corrected chi connectivity index (χ1v) is 8.46. The number of anilines is 1. The molecule has 0 amide bonds. The number of nitrogens with zero attached hydrogens (tertiary/aromatic N) is 1. The number of benzene rings is 3. The Kier molecular flexibility index (Phi) is 4.36. The van der Waals surface area contributed by atoms with Crippen molar-refractivity contribution in [3.05, 3.63) is 108 Å². The molecule has 0 aromatic heterocycles. The Balaban J connectivity index is 1.73. The molecule has 2 nitrogen and oxygen atoms in total. The molecule has 1 aliphatic rings. The molecule has 3 aromatic rings. The Bertz CT molecular complexity index is 935. The van der Waals surface area contributed by atoms with E-state index in [1.807, 2.05) is 65.6 Å². The van der Waals surface area contributed by atoms with E-state index < -0.39 is 18.0 Å². The highest BCUT2D eigenvalue weighted by atomic mass is 19.4. The zero-order valence-corrected chi connectivity index (χ0v) is 14.2. The van der Waals surface area contributed by atoms with E-state index in [0.717, 1.165) is 29.1 Å². The molecule has 27 heavy (non-hydrogen) atoms. The van der Waals surface area contributed by atoms with Crippen molar-refractivity contribution >= 4 is 11.4 Å². The summed E-state index contributed by atoms with van der Waals surface area (Å²) < 4.78 is 44.5. The minimum atomic E-state index is -4.36. The Morgan fingerprint density at radius 2 is 1.33 bits per heavy atom. The lowest BCUT2D eigenvalue weighted by molar-refractivity contribution is -0.137. The van der Waals surface area contributed by atoms with Crippen LogP contribution in [-0.4, -0.2) is 0 Å². The molecule has 0 aliphatic carbocycles. The molecular formula is C22H16F3NO. The van der Waals surface area contributed by atoms with Crippen molar-refractivity contribution in [3.63, 3.8) is 0 Å². The lowest BCUT2D eigenvalue weighted by atomic mass is 10.1. The molecule has 3 aromatic carbocycles. The van der Waals surface area contributed by atoms with E-state index in [9.17, 15) is 13.2 Å². The Morgan fingerprint density at radius 3 is 1.93 bits per heavy atom. The summed E-state index contributed by atoms with van der Waals surface area (Å²) in [5, 5.41) is 0. The van der Waals surface area contributed by atoms with Crippen LogP contribution in [0.5, 0.6) is 0 Å². The second-order valence-electron chi connectivity index (χ2n) is 6.18. The van der Waals surface area contributed by atoms with Crippen LogP contribution in [0.15, 0.2) is 91.2 Å². The standard InChI is InChI=1S/C22H16F3NO/c23-22(24,25)18-13-11-17(12-14-18)21-26(19-9-5-2-6-10-19)20(15-27-21)16-7-3-1-4-8-16/h1-15,21H. The van der Waals surface area contributed by atoms with E-state index in [0.29, 0.717) is 5.56 Å². The Morgan fingerprint density at radius 1 is 0.741 bits per heavy atom. The van der Waals surface area contributed by atoms with Crippen molar-refractivity contribution in [3.8, 4) is 0 Å². The van der Waals surface area contributed by atoms with Crippen molar-refractivity contribution in [2.45, 2.75) is 12.4 Å². The van der Waals surface area contributed by atoms with E-state index in [1.54, 1.807) is 6.26 Å². The van der Waals surface area contributed by atoms with E-state index in [4.69, 9.17) is 4.74 Å². The molecular weight excluding hydrogens is 351 g/mol. The van der Waals surface area contributed by atoms with Gasteiger partial charge < -0.3 is 4.74 Å². The topological polar surface area (TPSA) is 12.5 Å². The van der Waals surface area contributed by atoms with E-state index in [1.165, 1.54) is 12.1 Å².